The van der Waals surface area contributed by atoms with E-state index in [1.165, 1.54) is 18.2 Å². The van der Waals surface area contributed by atoms with Crippen LogP contribution < -0.4 is 0 Å². The van der Waals surface area contributed by atoms with Gasteiger partial charge in [-0.25, -0.2) is 0 Å². The molecule has 1 aromatic rings. The van der Waals surface area contributed by atoms with Crippen molar-refractivity contribution in [2.24, 2.45) is 0 Å². The second kappa shape index (κ2) is 7.44. The molecular formula is C17H24O3. The van der Waals surface area contributed by atoms with E-state index < -0.39 is 0 Å². The van der Waals surface area contributed by atoms with Crippen LogP contribution in [0.25, 0.3) is 0 Å². The Morgan fingerprint density at radius 3 is 2.60 bits per heavy atom. The average molecular weight is 276 g/mol. The maximum Gasteiger partial charge on any atom is 0.305 e. The first kappa shape index (κ1) is 15.0. The van der Waals surface area contributed by atoms with Gasteiger partial charge in [0.25, 0.3) is 0 Å². The Balaban J connectivity index is 1.75. The van der Waals surface area contributed by atoms with E-state index >= 15 is 0 Å². The summed E-state index contributed by atoms with van der Waals surface area (Å²) in [5, 5.41) is 9.59. The molecule has 0 saturated heterocycles. The minimum absolute atomic E-state index is 0.113. The van der Waals surface area contributed by atoms with E-state index in [-0.39, 0.29) is 12.1 Å². The van der Waals surface area contributed by atoms with Crippen LogP contribution in [-0.4, -0.2) is 24.3 Å². The van der Waals surface area contributed by atoms with Gasteiger partial charge in [-0.3, -0.25) is 4.79 Å². The molecule has 0 aromatic heterocycles. The lowest BCUT2D eigenvalue weighted by atomic mass is 9.95. The summed E-state index contributed by atoms with van der Waals surface area (Å²) in [6.45, 7) is 0. The molecule has 1 saturated carbocycles. The number of aliphatic hydroxyl groups is 1. The van der Waals surface area contributed by atoms with Gasteiger partial charge in [0, 0.05) is 6.42 Å². The van der Waals surface area contributed by atoms with E-state index in [4.69, 9.17) is 0 Å². The highest BCUT2D eigenvalue weighted by atomic mass is 16.5. The smallest absolute Gasteiger partial charge is 0.305 e. The molecule has 0 bridgehead atoms. The van der Waals surface area contributed by atoms with Crippen molar-refractivity contribution in [2.75, 3.05) is 7.11 Å². The van der Waals surface area contributed by atoms with Gasteiger partial charge >= 0.3 is 5.97 Å². The Labute approximate surface area is 121 Å². The van der Waals surface area contributed by atoms with E-state index in [0.29, 0.717) is 12.3 Å². The Kier molecular flexibility index (Phi) is 5.60. The maximum absolute atomic E-state index is 11.0. The number of methoxy groups -OCH3 is 1. The van der Waals surface area contributed by atoms with Crippen molar-refractivity contribution in [1.82, 2.24) is 0 Å². The zero-order valence-electron chi connectivity index (χ0n) is 12.2. The molecule has 1 aliphatic rings. The summed E-state index contributed by atoms with van der Waals surface area (Å²) in [7, 11) is 1.43. The van der Waals surface area contributed by atoms with Gasteiger partial charge in [-0.1, -0.05) is 24.3 Å². The second-order valence-corrected chi connectivity index (χ2v) is 5.69. The minimum Gasteiger partial charge on any atom is -0.469 e. The van der Waals surface area contributed by atoms with E-state index in [9.17, 15) is 9.90 Å². The van der Waals surface area contributed by atoms with E-state index in [1.807, 2.05) is 0 Å². The van der Waals surface area contributed by atoms with Crippen LogP contribution in [0.4, 0.5) is 0 Å². The van der Waals surface area contributed by atoms with Crippen molar-refractivity contribution in [1.29, 1.82) is 0 Å². The Morgan fingerprint density at radius 1 is 1.25 bits per heavy atom. The van der Waals surface area contributed by atoms with Gasteiger partial charge in [-0.15, -0.1) is 0 Å². The minimum atomic E-state index is -0.125. The van der Waals surface area contributed by atoms with Gasteiger partial charge in [0.05, 0.1) is 13.2 Å². The molecule has 1 aliphatic carbocycles. The maximum atomic E-state index is 11.0. The van der Waals surface area contributed by atoms with Crippen LogP contribution in [0.2, 0.25) is 0 Å². The fourth-order valence-corrected chi connectivity index (χ4v) is 2.92. The lowest BCUT2D eigenvalue weighted by Crippen LogP contribution is -2.00. The third-order valence-corrected chi connectivity index (χ3v) is 4.18. The Hall–Kier alpha value is -1.35. The van der Waals surface area contributed by atoms with Crippen LogP contribution in [0.5, 0.6) is 0 Å². The number of carbonyl (C=O) groups is 1. The highest BCUT2D eigenvalue weighted by molar-refractivity contribution is 5.68. The van der Waals surface area contributed by atoms with Crippen molar-refractivity contribution >= 4 is 5.97 Å². The topological polar surface area (TPSA) is 46.5 Å². The summed E-state index contributed by atoms with van der Waals surface area (Å²) < 4.78 is 4.62. The number of aryl methyl sites for hydroxylation is 1. The first-order chi connectivity index (χ1) is 9.69. The number of esters is 1. The quantitative estimate of drug-likeness (QED) is 0.641. The number of benzene rings is 1. The summed E-state index contributed by atoms with van der Waals surface area (Å²) in [6.07, 6.45) is 6.22. The molecular weight excluding hydrogens is 252 g/mol. The van der Waals surface area contributed by atoms with Crippen molar-refractivity contribution in [2.45, 2.75) is 57.0 Å². The van der Waals surface area contributed by atoms with Gasteiger partial charge in [0.15, 0.2) is 0 Å². The van der Waals surface area contributed by atoms with Crippen LogP contribution in [0, 0.1) is 0 Å². The molecule has 20 heavy (non-hydrogen) atoms. The van der Waals surface area contributed by atoms with Gasteiger partial charge in [0.2, 0.25) is 0 Å². The largest absolute Gasteiger partial charge is 0.469 e. The molecule has 3 heteroatoms. The van der Waals surface area contributed by atoms with Crippen molar-refractivity contribution in [3.8, 4) is 0 Å². The average Bonchev–Trinajstić information content (AvgIpc) is 2.90. The summed E-state index contributed by atoms with van der Waals surface area (Å²) in [4.78, 5) is 11.0. The molecule has 0 amide bonds. The van der Waals surface area contributed by atoms with Crippen LogP contribution in [0.3, 0.4) is 0 Å². The first-order valence-electron chi connectivity index (χ1n) is 7.52. The zero-order valence-corrected chi connectivity index (χ0v) is 12.2. The third-order valence-electron chi connectivity index (χ3n) is 4.18. The number of aliphatic hydroxyl groups excluding tert-OH is 1. The molecule has 0 spiro atoms. The van der Waals surface area contributed by atoms with E-state index in [2.05, 4.69) is 29.0 Å². The van der Waals surface area contributed by atoms with Gasteiger partial charge < -0.3 is 9.84 Å². The van der Waals surface area contributed by atoms with Gasteiger partial charge in [0.1, 0.15) is 0 Å². The summed E-state index contributed by atoms with van der Waals surface area (Å²) >= 11 is 0. The second-order valence-electron chi connectivity index (χ2n) is 5.69. The number of unbranched alkanes of at least 4 members (excludes halogenated alkanes) is 1. The van der Waals surface area contributed by atoms with E-state index in [0.717, 1.165) is 38.5 Å². The van der Waals surface area contributed by atoms with Crippen molar-refractivity contribution in [3.63, 3.8) is 0 Å². The molecule has 1 N–H and O–H groups in total. The lowest BCUT2D eigenvalue weighted by Gasteiger charge is -2.10. The number of hydrogen-bond acceptors (Lipinski definition) is 3. The number of rotatable bonds is 6. The molecule has 110 valence electrons. The fraction of sp³-hybridized carbons (Fsp3) is 0.588. The predicted molar refractivity (Wildman–Crippen MR) is 78.6 cm³/mol. The Bertz CT molecular complexity index is 424. The monoisotopic (exact) mass is 276 g/mol. The molecule has 0 radical (unpaired) electrons. The highest BCUT2D eigenvalue weighted by Gasteiger charge is 2.23. The standard InChI is InChI=1S/C17H24O3/c1-20-17(19)5-3-2-4-13-6-8-14(9-7-13)15-10-11-16(18)12-15/h6-9,15-16,18H,2-5,10-12H2,1H3. The van der Waals surface area contributed by atoms with Crippen molar-refractivity contribution < 1.29 is 14.6 Å². The number of ether oxygens (including phenoxy) is 1. The van der Waals surface area contributed by atoms with Crippen LogP contribution in [0.1, 0.15) is 55.6 Å². The fourth-order valence-electron chi connectivity index (χ4n) is 2.92. The number of hydrogen-bond donors (Lipinski definition) is 1. The van der Waals surface area contributed by atoms with E-state index in [1.54, 1.807) is 0 Å². The summed E-state index contributed by atoms with van der Waals surface area (Å²) in [6, 6.07) is 8.74. The lowest BCUT2D eigenvalue weighted by molar-refractivity contribution is -0.140. The SMILES string of the molecule is COC(=O)CCCCc1ccc(C2CCC(O)C2)cc1. The molecule has 0 aliphatic heterocycles. The molecule has 1 fully saturated rings. The molecule has 1 aromatic carbocycles. The van der Waals surface area contributed by atoms with Gasteiger partial charge in [-0.2, -0.15) is 0 Å². The first-order valence-corrected chi connectivity index (χ1v) is 7.52. The zero-order chi connectivity index (χ0) is 14.4. The third kappa shape index (κ3) is 4.34. The molecule has 0 heterocycles. The summed E-state index contributed by atoms with van der Waals surface area (Å²) in [5.41, 5.74) is 2.66. The predicted octanol–water partition coefficient (Wildman–Crippen LogP) is 3.20. The van der Waals surface area contributed by atoms with Crippen LogP contribution >= 0.6 is 0 Å². The van der Waals surface area contributed by atoms with Gasteiger partial charge in [-0.05, 0) is 55.6 Å². The van der Waals surface area contributed by atoms with Crippen LogP contribution in [0.15, 0.2) is 24.3 Å². The summed E-state index contributed by atoms with van der Waals surface area (Å²) in [5.74, 6) is 0.401. The molecule has 2 atom stereocenters. The molecule has 2 unspecified atom stereocenters. The van der Waals surface area contributed by atoms with Crippen molar-refractivity contribution in [3.05, 3.63) is 35.4 Å². The van der Waals surface area contributed by atoms with Crippen LogP contribution in [-0.2, 0) is 16.0 Å². The number of carbonyl (C=O) groups excluding carboxylic acids is 1. The highest BCUT2D eigenvalue weighted by Crippen LogP contribution is 2.34. The Morgan fingerprint density at radius 2 is 2.00 bits per heavy atom. The normalized spacial score (nSPS) is 21.9. The molecule has 2 rings (SSSR count). The molecule has 3 nitrogen and oxygen atoms in total.